The first-order chi connectivity index (χ1) is 11.1. The van der Waals surface area contributed by atoms with Crippen LogP contribution in [0.2, 0.25) is 5.02 Å². The van der Waals surface area contributed by atoms with Gasteiger partial charge >= 0.3 is 0 Å². The van der Waals surface area contributed by atoms with E-state index in [0.29, 0.717) is 29.3 Å². The van der Waals surface area contributed by atoms with Crippen LogP contribution in [0.5, 0.6) is 0 Å². The first-order valence-corrected chi connectivity index (χ1v) is 8.11. The predicted molar refractivity (Wildman–Crippen MR) is 88.9 cm³/mol. The summed E-state index contributed by atoms with van der Waals surface area (Å²) in [6.45, 7) is 2.70. The van der Waals surface area contributed by atoms with Crippen LogP contribution in [-0.4, -0.2) is 51.5 Å². The van der Waals surface area contributed by atoms with E-state index in [1.807, 2.05) is 18.2 Å². The molecule has 0 bridgehead atoms. The van der Waals surface area contributed by atoms with Gasteiger partial charge in [0.05, 0.1) is 16.9 Å². The number of benzene rings is 1. The molecule has 1 aliphatic rings. The number of rotatable bonds is 6. The summed E-state index contributed by atoms with van der Waals surface area (Å²) in [7, 11) is 2.10. The van der Waals surface area contributed by atoms with Gasteiger partial charge < -0.3 is 5.32 Å². The third-order valence-corrected chi connectivity index (χ3v) is 4.52. The van der Waals surface area contributed by atoms with Crippen LogP contribution in [0.1, 0.15) is 30.3 Å². The second-order valence-corrected chi connectivity index (χ2v) is 6.36. The Morgan fingerprint density at radius 2 is 2.22 bits per heavy atom. The Labute approximate surface area is 140 Å². The molecule has 1 aromatic heterocycles. The van der Waals surface area contributed by atoms with Crippen molar-refractivity contribution in [2.75, 3.05) is 13.6 Å². The molecule has 1 unspecified atom stereocenters. The fraction of sp³-hybridized carbons (Fsp3) is 0.438. The first-order valence-electron chi connectivity index (χ1n) is 7.73. The fourth-order valence-electron chi connectivity index (χ4n) is 2.44. The maximum atomic E-state index is 12.2. The Bertz CT molecular complexity index is 697. The average Bonchev–Trinajstić information content (AvgIpc) is 3.29. The minimum Gasteiger partial charge on any atom is -0.349 e. The molecule has 6 nitrogen and oxygen atoms in total. The van der Waals surface area contributed by atoms with E-state index in [4.69, 9.17) is 11.6 Å². The number of halogens is 1. The largest absolute Gasteiger partial charge is 0.349 e. The molecule has 1 atom stereocenters. The lowest BCUT2D eigenvalue weighted by Gasteiger charge is -2.24. The van der Waals surface area contributed by atoms with E-state index in [1.54, 1.807) is 12.3 Å². The Morgan fingerprint density at radius 3 is 2.91 bits per heavy atom. The predicted octanol–water partition coefficient (Wildman–Crippen LogP) is 2.13. The van der Waals surface area contributed by atoms with Gasteiger partial charge in [0.25, 0.3) is 5.91 Å². The van der Waals surface area contributed by atoms with Gasteiger partial charge in [-0.25, -0.2) is 4.68 Å². The highest BCUT2D eigenvalue weighted by molar-refractivity contribution is 6.32. The summed E-state index contributed by atoms with van der Waals surface area (Å²) in [6, 6.07) is 8.26. The monoisotopic (exact) mass is 333 g/mol. The zero-order valence-corrected chi connectivity index (χ0v) is 14.0. The van der Waals surface area contributed by atoms with Crippen LogP contribution in [-0.2, 0) is 0 Å². The summed E-state index contributed by atoms with van der Waals surface area (Å²) < 4.78 is 1.51. The van der Waals surface area contributed by atoms with E-state index in [9.17, 15) is 4.79 Å². The molecule has 1 N–H and O–H groups in total. The third kappa shape index (κ3) is 3.71. The van der Waals surface area contributed by atoms with Crippen LogP contribution in [0.15, 0.2) is 30.5 Å². The summed E-state index contributed by atoms with van der Waals surface area (Å²) in [5, 5.41) is 11.4. The number of hydrogen-bond donors (Lipinski definition) is 1. The van der Waals surface area contributed by atoms with Gasteiger partial charge in [-0.2, -0.15) is 0 Å². The van der Waals surface area contributed by atoms with Crippen molar-refractivity contribution in [2.45, 2.75) is 31.8 Å². The van der Waals surface area contributed by atoms with Gasteiger partial charge in [-0.05, 0) is 38.9 Å². The molecule has 7 heteroatoms. The molecule has 0 spiro atoms. The number of para-hydroxylation sites is 1. The molecule has 1 amide bonds. The van der Waals surface area contributed by atoms with Gasteiger partial charge in [0, 0.05) is 18.6 Å². The molecule has 122 valence electrons. The summed E-state index contributed by atoms with van der Waals surface area (Å²) in [5.41, 5.74) is 0.980. The van der Waals surface area contributed by atoms with Gasteiger partial charge in [-0.1, -0.05) is 28.9 Å². The first kappa shape index (κ1) is 16.0. The zero-order chi connectivity index (χ0) is 16.4. The SMILES string of the molecule is CC(CNC(=O)c1cn(-c2ccccc2Cl)nn1)N(C)C1CC1. The number of amides is 1. The molecule has 1 fully saturated rings. The third-order valence-electron chi connectivity index (χ3n) is 4.20. The Kier molecular flexibility index (Phi) is 4.63. The Hall–Kier alpha value is -1.92. The van der Waals surface area contributed by atoms with E-state index in [-0.39, 0.29) is 11.6 Å². The lowest BCUT2D eigenvalue weighted by molar-refractivity contribution is 0.0934. The molecular formula is C16H20ClN5O. The maximum absolute atomic E-state index is 12.2. The molecule has 3 rings (SSSR count). The number of carbonyl (C=O) groups excluding carboxylic acids is 1. The molecule has 23 heavy (non-hydrogen) atoms. The van der Waals surface area contributed by atoms with Crippen molar-refractivity contribution < 1.29 is 4.79 Å². The van der Waals surface area contributed by atoms with Gasteiger partial charge in [-0.15, -0.1) is 5.10 Å². The molecule has 0 radical (unpaired) electrons. The lowest BCUT2D eigenvalue weighted by atomic mass is 10.3. The summed E-state index contributed by atoms with van der Waals surface area (Å²) in [4.78, 5) is 14.5. The number of nitrogens with zero attached hydrogens (tertiary/aromatic N) is 4. The standard InChI is InChI=1S/C16H20ClN5O/c1-11(21(2)12-7-8-12)9-18-16(23)14-10-22(20-19-14)15-6-4-3-5-13(15)17/h3-6,10-12H,7-9H2,1-2H3,(H,18,23). The summed E-state index contributed by atoms with van der Waals surface area (Å²) >= 11 is 6.13. The lowest BCUT2D eigenvalue weighted by Crippen LogP contribution is -2.41. The molecule has 1 aliphatic carbocycles. The Morgan fingerprint density at radius 1 is 1.48 bits per heavy atom. The van der Waals surface area contributed by atoms with Gasteiger partial charge in [0.1, 0.15) is 0 Å². The second-order valence-electron chi connectivity index (χ2n) is 5.96. The van der Waals surface area contributed by atoms with E-state index in [0.717, 1.165) is 0 Å². The maximum Gasteiger partial charge on any atom is 0.273 e. The highest BCUT2D eigenvalue weighted by atomic mass is 35.5. The fourth-order valence-corrected chi connectivity index (χ4v) is 2.66. The van der Waals surface area contributed by atoms with Gasteiger partial charge in [0.15, 0.2) is 5.69 Å². The highest BCUT2D eigenvalue weighted by Crippen LogP contribution is 2.26. The smallest absolute Gasteiger partial charge is 0.273 e. The van der Waals surface area contributed by atoms with Crippen molar-refractivity contribution in [3.63, 3.8) is 0 Å². The van der Waals surface area contributed by atoms with Crippen LogP contribution in [0.4, 0.5) is 0 Å². The van der Waals surface area contributed by atoms with Crippen LogP contribution in [0.25, 0.3) is 5.69 Å². The van der Waals surface area contributed by atoms with Crippen molar-refractivity contribution in [3.05, 3.63) is 41.2 Å². The van der Waals surface area contributed by atoms with Crippen molar-refractivity contribution in [2.24, 2.45) is 0 Å². The van der Waals surface area contributed by atoms with Crippen molar-refractivity contribution >= 4 is 17.5 Å². The molecular weight excluding hydrogens is 314 g/mol. The summed E-state index contributed by atoms with van der Waals surface area (Å²) in [5.74, 6) is -0.223. The molecule has 1 heterocycles. The minimum atomic E-state index is -0.223. The van der Waals surface area contributed by atoms with Crippen molar-refractivity contribution in [3.8, 4) is 5.69 Å². The van der Waals surface area contributed by atoms with Crippen LogP contribution < -0.4 is 5.32 Å². The minimum absolute atomic E-state index is 0.223. The number of carbonyl (C=O) groups is 1. The molecule has 0 aliphatic heterocycles. The van der Waals surface area contributed by atoms with E-state index < -0.39 is 0 Å². The molecule has 1 aromatic carbocycles. The molecule has 2 aromatic rings. The quantitative estimate of drug-likeness (QED) is 0.879. The number of hydrogen-bond acceptors (Lipinski definition) is 4. The summed E-state index contributed by atoms with van der Waals surface area (Å²) in [6.07, 6.45) is 4.09. The number of aromatic nitrogens is 3. The van der Waals surface area contributed by atoms with Gasteiger partial charge in [0.2, 0.25) is 0 Å². The van der Waals surface area contributed by atoms with E-state index in [1.165, 1.54) is 17.5 Å². The van der Waals surface area contributed by atoms with Crippen molar-refractivity contribution in [1.29, 1.82) is 0 Å². The van der Waals surface area contributed by atoms with Crippen LogP contribution in [0.3, 0.4) is 0 Å². The van der Waals surface area contributed by atoms with E-state index in [2.05, 4.69) is 34.5 Å². The van der Waals surface area contributed by atoms with Crippen LogP contribution >= 0.6 is 11.6 Å². The topological polar surface area (TPSA) is 63.1 Å². The second kappa shape index (κ2) is 6.68. The average molecular weight is 334 g/mol. The molecule has 1 saturated carbocycles. The van der Waals surface area contributed by atoms with Gasteiger partial charge in [-0.3, -0.25) is 9.69 Å². The highest BCUT2D eigenvalue weighted by Gasteiger charge is 2.29. The normalized spacial score (nSPS) is 15.7. The number of likely N-dealkylation sites (N-methyl/N-ethyl adjacent to an activating group) is 1. The zero-order valence-electron chi connectivity index (χ0n) is 13.2. The number of nitrogens with one attached hydrogen (secondary N) is 1. The Balaban J connectivity index is 1.61. The van der Waals surface area contributed by atoms with Crippen LogP contribution in [0, 0.1) is 0 Å². The molecule has 0 saturated heterocycles. The van der Waals surface area contributed by atoms with Crippen molar-refractivity contribution in [1.82, 2.24) is 25.2 Å². The van der Waals surface area contributed by atoms with E-state index >= 15 is 0 Å².